The number of hydrogen-bond donors (Lipinski definition) is 0. The fourth-order valence-corrected chi connectivity index (χ4v) is 1.81. The van der Waals surface area contributed by atoms with Crippen LogP contribution >= 0.6 is 0 Å². The van der Waals surface area contributed by atoms with Crippen molar-refractivity contribution in [2.75, 3.05) is 7.11 Å². The van der Waals surface area contributed by atoms with Gasteiger partial charge in [0.1, 0.15) is 0 Å². The van der Waals surface area contributed by atoms with E-state index in [4.69, 9.17) is 5.37 Å². The molecule has 1 aromatic rings. The first-order valence-electron chi connectivity index (χ1n) is 2.93. The van der Waals surface area contributed by atoms with Gasteiger partial charge in [-0.15, -0.1) is 0 Å². The molecule has 0 aromatic heterocycles. The second-order valence-electron chi connectivity index (χ2n) is 1.70. The zero-order valence-electron chi connectivity index (χ0n) is 5.70. The Labute approximate surface area is 73.7 Å². The molecule has 3 heteroatoms. The van der Waals surface area contributed by atoms with Crippen molar-refractivity contribution in [1.82, 2.24) is 0 Å². The molecule has 0 radical (unpaired) electrons. The third kappa shape index (κ3) is 2.66. The summed E-state index contributed by atoms with van der Waals surface area (Å²) in [6, 6.07) is 9.74. The molecule has 2 nitrogen and oxygen atoms in total. The maximum absolute atomic E-state index is 5.33. The van der Waals surface area contributed by atoms with Gasteiger partial charge in [-0.3, -0.25) is 0 Å². The van der Waals surface area contributed by atoms with Gasteiger partial charge in [-0.05, 0) is 0 Å². The quantitative estimate of drug-likeness (QED) is 0.776. The molecule has 0 aliphatic rings. The monoisotopic (exact) mass is 332 g/mol. The molecule has 0 saturated heterocycles. The average Bonchev–Trinajstić information content (AvgIpc) is 2.03. The van der Waals surface area contributed by atoms with Crippen LogP contribution in [0, 0.1) is 0 Å². The van der Waals surface area contributed by atoms with Crippen LogP contribution in [0.15, 0.2) is 30.3 Å². The number of rotatable bonds is 3. The molecule has 0 saturated carbocycles. The molecule has 50 valence electrons. The Bertz CT molecular complexity index is 176. The molecule has 0 heterocycles. The fraction of sp³-hybridized carbons (Fsp3) is 0.143. The van der Waals surface area contributed by atoms with E-state index in [-0.39, 0.29) is 0 Å². The second-order valence-corrected chi connectivity index (χ2v) is 4.73. The normalized spacial score (nSPS) is 8.50. The predicted octanol–water partition coefficient (Wildman–Crippen LogP) is 1.25. The van der Waals surface area contributed by atoms with Crippen LogP contribution in [0.1, 0.15) is 0 Å². The molecule has 0 atom stereocenters. The van der Waals surface area contributed by atoms with Crippen molar-refractivity contribution in [3.05, 3.63) is 30.3 Å². The van der Waals surface area contributed by atoms with Crippen LogP contribution in [-0.4, -0.2) is 32.3 Å². The molecular formula is C7H8O2Pb+2. The molecular weight excluding hydrogens is 323 g/mol. The number of para-hydroxylation sites is 1. The minimum atomic E-state index is -1.21. The first kappa shape index (κ1) is 8.00. The molecule has 1 rings (SSSR count). The third-order valence-electron chi connectivity index (χ3n) is 0.986. The molecule has 0 unspecified atom stereocenters. The van der Waals surface area contributed by atoms with Gasteiger partial charge in [-0.2, -0.15) is 0 Å². The molecule has 0 spiro atoms. The summed E-state index contributed by atoms with van der Waals surface area (Å²) in [6.07, 6.45) is 0. The Morgan fingerprint density at radius 3 is 2.50 bits per heavy atom. The summed E-state index contributed by atoms with van der Waals surface area (Å²) < 4.78 is 10.2. The summed E-state index contributed by atoms with van der Waals surface area (Å²) in [5, 5.41) is 0. The summed E-state index contributed by atoms with van der Waals surface area (Å²) in [7, 11) is 1.69. The van der Waals surface area contributed by atoms with Crippen molar-refractivity contribution in [1.29, 1.82) is 0 Å². The first-order chi connectivity index (χ1) is 4.93. The van der Waals surface area contributed by atoms with Gasteiger partial charge in [-0.1, -0.05) is 0 Å². The van der Waals surface area contributed by atoms with Gasteiger partial charge in [0.15, 0.2) is 0 Å². The van der Waals surface area contributed by atoms with Gasteiger partial charge in [-0.25, -0.2) is 0 Å². The van der Waals surface area contributed by atoms with Crippen molar-refractivity contribution >= 4 is 25.1 Å². The fourth-order valence-electron chi connectivity index (χ4n) is 0.578. The van der Waals surface area contributed by atoms with E-state index >= 15 is 0 Å². The van der Waals surface area contributed by atoms with E-state index in [9.17, 15) is 0 Å². The van der Waals surface area contributed by atoms with Crippen molar-refractivity contribution < 1.29 is 5.37 Å². The molecule has 0 bridgehead atoms. The van der Waals surface area contributed by atoms with Crippen molar-refractivity contribution in [2.24, 2.45) is 0 Å². The molecule has 0 N–H and O–H groups in total. The number of benzene rings is 1. The standard InChI is InChI=1S/C6H6O.CH3O.Pb/c7-6-4-2-1-3-5-6;1-2;/h1-5,7H;1H3;/q;-1;+4/p-1. The summed E-state index contributed by atoms with van der Waals surface area (Å²) in [6.45, 7) is 0. The van der Waals surface area contributed by atoms with E-state index < -0.39 is 25.1 Å². The van der Waals surface area contributed by atoms with E-state index in [1.807, 2.05) is 30.3 Å². The van der Waals surface area contributed by atoms with Crippen LogP contribution in [0.25, 0.3) is 0 Å². The Morgan fingerprint density at radius 2 is 1.90 bits per heavy atom. The number of hydrogen-bond acceptors (Lipinski definition) is 2. The SMILES string of the molecule is C[O][Pb+2][O]c1ccccc1. The molecule has 0 aliphatic carbocycles. The molecule has 0 aliphatic heterocycles. The topological polar surface area (TPSA) is 18.5 Å². The van der Waals surface area contributed by atoms with Crippen LogP contribution in [0.5, 0.6) is 5.75 Å². The zero-order valence-corrected chi connectivity index (χ0v) is 9.59. The van der Waals surface area contributed by atoms with Gasteiger partial charge >= 0.3 is 73.7 Å². The van der Waals surface area contributed by atoms with Gasteiger partial charge in [0, 0.05) is 0 Å². The van der Waals surface area contributed by atoms with Crippen LogP contribution in [-0.2, 0) is 2.69 Å². The van der Waals surface area contributed by atoms with E-state index in [0.29, 0.717) is 0 Å². The van der Waals surface area contributed by atoms with Gasteiger partial charge in [0.2, 0.25) is 0 Å². The van der Waals surface area contributed by atoms with Crippen molar-refractivity contribution in [2.45, 2.75) is 0 Å². The minimum absolute atomic E-state index is 0.924. The predicted molar refractivity (Wildman–Crippen MR) is 39.8 cm³/mol. The van der Waals surface area contributed by atoms with Crippen molar-refractivity contribution in [3.63, 3.8) is 0 Å². The van der Waals surface area contributed by atoms with Crippen LogP contribution in [0.3, 0.4) is 0 Å². The van der Waals surface area contributed by atoms with Gasteiger partial charge in [0.05, 0.1) is 0 Å². The summed E-state index contributed by atoms with van der Waals surface area (Å²) >= 11 is -1.21. The molecule has 0 fully saturated rings. The Morgan fingerprint density at radius 1 is 1.20 bits per heavy atom. The van der Waals surface area contributed by atoms with E-state index in [1.54, 1.807) is 7.11 Å². The molecule has 1 aromatic carbocycles. The Kier molecular flexibility index (Phi) is 3.74. The average molecular weight is 331 g/mol. The molecule has 0 amide bonds. The maximum atomic E-state index is 5.33. The van der Waals surface area contributed by atoms with E-state index in [2.05, 4.69) is 0 Å². The van der Waals surface area contributed by atoms with Crippen LogP contribution in [0.4, 0.5) is 0 Å². The van der Waals surface area contributed by atoms with Gasteiger partial charge in [0.25, 0.3) is 0 Å². The summed E-state index contributed by atoms with van der Waals surface area (Å²) in [4.78, 5) is 0. The first-order valence-corrected chi connectivity index (χ1v) is 6.11. The second kappa shape index (κ2) is 4.68. The molecule has 10 heavy (non-hydrogen) atoms. The van der Waals surface area contributed by atoms with Crippen LogP contribution in [0.2, 0.25) is 0 Å². The van der Waals surface area contributed by atoms with E-state index in [0.717, 1.165) is 5.75 Å². The Balaban J connectivity index is 2.43. The third-order valence-corrected chi connectivity index (χ3v) is 2.87. The van der Waals surface area contributed by atoms with Crippen molar-refractivity contribution in [3.8, 4) is 5.75 Å². The summed E-state index contributed by atoms with van der Waals surface area (Å²) in [5.74, 6) is 0.924. The van der Waals surface area contributed by atoms with E-state index in [1.165, 1.54) is 0 Å². The van der Waals surface area contributed by atoms with Gasteiger partial charge < -0.3 is 0 Å². The summed E-state index contributed by atoms with van der Waals surface area (Å²) in [5.41, 5.74) is 0. The Hall–Kier alpha value is -0.0979. The van der Waals surface area contributed by atoms with Crippen LogP contribution < -0.4 is 2.69 Å². The zero-order chi connectivity index (χ0) is 7.23.